The Morgan fingerprint density at radius 2 is 2.04 bits per heavy atom. The topological polar surface area (TPSA) is 63.3 Å². The highest BCUT2D eigenvalue weighted by molar-refractivity contribution is 5.47. The Morgan fingerprint density at radius 1 is 1.33 bits per heavy atom. The monoisotopic (exact) mass is 334 g/mol. The van der Waals surface area contributed by atoms with Crippen LogP contribution in [0.5, 0.6) is 5.88 Å². The molecule has 1 saturated heterocycles. The van der Waals surface area contributed by atoms with Crippen LogP contribution < -0.4 is 10.5 Å². The summed E-state index contributed by atoms with van der Waals surface area (Å²) in [5.74, 6) is 0.262. The number of hydrogen-bond acceptors (Lipinski definition) is 4. The van der Waals surface area contributed by atoms with E-state index in [1.807, 2.05) is 25.7 Å². The third-order valence-corrected chi connectivity index (χ3v) is 4.40. The lowest BCUT2D eigenvalue weighted by Crippen LogP contribution is -2.34. The Balaban J connectivity index is 2.09. The van der Waals surface area contributed by atoms with Gasteiger partial charge in [0.1, 0.15) is 11.6 Å². The largest absolute Gasteiger partial charge is 0.492 e. The first kappa shape index (κ1) is 16.5. The summed E-state index contributed by atoms with van der Waals surface area (Å²) in [5.41, 5.74) is -0.0772. The molecule has 1 aliphatic rings. The molecule has 0 aliphatic carbocycles. The van der Waals surface area contributed by atoms with Gasteiger partial charge in [0.25, 0.3) is 5.56 Å². The van der Waals surface area contributed by atoms with Crippen LogP contribution in [0.3, 0.4) is 0 Å². The molecule has 0 bridgehead atoms. The molecule has 3 heterocycles. The van der Waals surface area contributed by atoms with Crippen molar-refractivity contribution in [2.75, 3.05) is 11.4 Å². The molecule has 1 aliphatic heterocycles. The molecule has 1 fully saturated rings. The fourth-order valence-corrected chi connectivity index (χ4v) is 3.36. The molecule has 3 rings (SSSR count). The van der Waals surface area contributed by atoms with Crippen molar-refractivity contribution < 1.29 is 9.50 Å². The molecule has 6 nitrogen and oxygen atoms in total. The average Bonchev–Trinajstić information content (AvgIpc) is 3.08. The zero-order valence-electron chi connectivity index (χ0n) is 14.5. The Labute approximate surface area is 140 Å². The molecule has 0 aromatic carbocycles. The Bertz CT molecular complexity index is 819. The minimum Gasteiger partial charge on any atom is -0.492 e. The predicted molar refractivity (Wildman–Crippen MR) is 89.8 cm³/mol. The summed E-state index contributed by atoms with van der Waals surface area (Å²) in [5, 5.41) is 14.1. The number of aromatic nitrogens is 3. The van der Waals surface area contributed by atoms with E-state index in [0.717, 1.165) is 25.2 Å². The maximum atomic E-state index is 13.8. The van der Waals surface area contributed by atoms with E-state index in [0.29, 0.717) is 5.56 Å². The lowest BCUT2D eigenvalue weighted by molar-refractivity contribution is 0.337. The van der Waals surface area contributed by atoms with Crippen LogP contribution in [0.2, 0.25) is 0 Å². The molecule has 130 valence electrons. The zero-order valence-corrected chi connectivity index (χ0v) is 14.5. The highest BCUT2D eigenvalue weighted by Crippen LogP contribution is 2.38. The van der Waals surface area contributed by atoms with E-state index >= 15 is 0 Å². The van der Waals surface area contributed by atoms with Gasteiger partial charge in [-0.2, -0.15) is 0 Å². The van der Waals surface area contributed by atoms with Crippen LogP contribution in [-0.4, -0.2) is 26.0 Å². The number of aryl methyl sites for hydroxylation is 1. The van der Waals surface area contributed by atoms with Gasteiger partial charge in [0.05, 0.1) is 11.6 Å². The van der Waals surface area contributed by atoms with E-state index in [1.54, 1.807) is 17.8 Å². The molecule has 0 unspecified atom stereocenters. The lowest BCUT2D eigenvalue weighted by atomic mass is 10.1. The molecule has 0 saturated carbocycles. The molecule has 1 N–H and O–H groups in total. The Morgan fingerprint density at radius 3 is 2.71 bits per heavy atom. The van der Waals surface area contributed by atoms with E-state index < -0.39 is 5.82 Å². The van der Waals surface area contributed by atoms with Gasteiger partial charge in [0.2, 0.25) is 5.88 Å². The van der Waals surface area contributed by atoms with Gasteiger partial charge in [-0.25, -0.2) is 9.07 Å². The standard InChI is InChI=1S/C17H23FN4O2/c1-17(2,3)22-15(9-14(23)19-22)21-7-5-6-13(21)12-8-11(18)10-20(4)16(12)24/h8-10,13H,5-7H2,1-4H3,(H,19,23)/t13-/m1/s1. The van der Waals surface area contributed by atoms with Crippen molar-refractivity contribution in [3.63, 3.8) is 0 Å². The van der Waals surface area contributed by atoms with Crippen LogP contribution in [0.1, 0.15) is 45.2 Å². The van der Waals surface area contributed by atoms with Crippen LogP contribution in [0, 0.1) is 5.82 Å². The minimum atomic E-state index is -0.425. The summed E-state index contributed by atoms with van der Waals surface area (Å²) in [6.45, 7) is 6.71. The third kappa shape index (κ3) is 2.79. The number of aromatic hydroxyl groups is 1. The first-order valence-corrected chi connectivity index (χ1v) is 8.10. The molecular formula is C17H23FN4O2. The maximum absolute atomic E-state index is 13.8. The summed E-state index contributed by atoms with van der Waals surface area (Å²) in [7, 11) is 1.55. The van der Waals surface area contributed by atoms with Gasteiger partial charge in [-0.3, -0.25) is 4.79 Å². The second-order valence-corrected chi connectivity index (χ2v) is 7.32. The van der Waals surface area contributed by atoms with Gasteiger partial charge in [-0.15, -0.1) is 5.10 Å². The minimum absolute atomic E-state index is 0.0577. The molecule has 0 spiro atoms. The summed E-state index contributed by atoms with van der Waals surface area (Å²) in [6.07, 6.45) is 2.84. The summed E-state index contributed by atoms with van der Waals surface area (Å²) in [4.78, 5) is 14.5. The van der Waals surface area contributed by atoms with E-state index in [4.69, 9.17) is 0 Å². The second-order valence-electron chi connectivity index (χ2n) is 7.32. The van der Waals surface area contributed by atoms with Crippen molar-refractivity contribution in [3.8, 4) is 5.88 Å². The van der Waals surface area contributed by atoms with Crippen molar-refractivity contribution in [2.24, 2.45) is 7.05 Å². The van der Waals surface area contributed by atoms with Crippen LogP contribution in [0.4, 0.5) is 10.2 Å². The van der Waals surface area contributed by atoms with Crippen LogP contribution in [-0.2, 0) is 12.6 Å². The number of hydrogen-bond donors (Lipinski definition) is 1. The van der Waals surface area contributed by atoms with Crippen LogP contribution in [0.25, 0.3) is 0 Å². The number of pyridine rings is 1. The summed E-state index contributed by atoms with van der Waals surface area (Å²) < 4.78 is 16.9. The van der Waals surface area contributed by atoms with Gasteiger partial charge in [0, 0.05) is 31.4 Å². The van der Waals surface area contributed by atoms with Crippen molar-refractivity contribution in [2.45, 2.75) is 45.2 Å². The van der Waals surface area contributed by atoms with Gasteiger partial charge in [0.15, 0.2) is 0 Å². The SMILES string of the molecule is Cn1cc(F)cc([C@H]2CCCN2c2cc(O)nn2C(C)(C)C)c1=O. The van der Waals surface area contributed by atoms with Crippen molar-refractivity contribution >= 4 is 5.82 Å². The molecule has 1 atom stereocenters. The van der Waals surface area contributed by atoms with Gasteiger partial charge < -0.3 is 14.6 Å². The van der Waals surface area contributed by atoms with Crippen molar-refractivity contribution in [1.29, 1.82) is 0 Å². The lowest BCUT2D eigenvalue weighted by Gasteiger charge is -2.31. The highest BCUT2D eigenvalue weighted by atomic mass is 19.1. The van der Waals surface area contributed by atoms with E-state index in [9.17, 15) is 14.3 Å². The number of nitrogens with zero attached hydrogens (tertiary/aromatic N) is 4. The highest BCUT2D eigenvalue weighted by Gasteiger charge is 2.33. The van der Waals surface area contributed by atoms with Crippen LogP contribution in [0.15, 0.2) is 23.1 Å². The van der Waals surface area contributed by atoms with Gasteiger partial charge >= 0.3 is 0 Å². The number of rotatable bonds is 2. The Kier molecular flexibility index (Phi) is 3.89. The van der Waals surface area contributed by atoms with Crippen molar-refractivity contribution in [3.05, 3.63) is 40.1 Å². The molecule has 0 amide bonds. The summed E-state index contributed by atoms with van der Waals surface area (Å²) >= 11 is 0. The Hall–Kier alpha value is -2.31. The number of halogens is 1. The molecule has 24 heavy (non-hydrogen) atoms. The summed E-state index contributed by atoms with van der Waals surface area (Å²) in [6, 6.07) is 2.70. The quantitative estimate of drug-likeness (QED) is 0.917. The fourth-order valence-electron chi connectivity index (χ4n) is 3.36. The normalized spacial score (nSPS) is 18.4. The smallest absolute Gasteiger partial charge is 0.255 e. The zero-order chi connectivity index (χ0) is 17.6. The molecular weight excluding hydrogens is 311 g/mol. The average molecular weight is 334 g/mol. The van der Waals surface area contributed by atoms with E-state index in [1.165, 1.54) is 16.8 Å². The first-order valence-electron chi connectivity index (χ1n) is 8.10. The van der Waals surface area contributed by atoms with Crippen molar-refractivity contribution in [1.82, 2.24) is 14.3 Å². The first-order chi connectivity index (χ1) is 11.2. The molecule has 0 radical (unpaired) electrons. The predicted octanol–water partition coefficient (Wildman–Crippen LogP) is 2.52. The van der Waals surface area contributed by atoms with Crippen LogP contribution >= 0.6 is 0 Å². The molecule has 7 heteroatoms. The fraction of sp³-hybridized carbons (Fsp3) is 0.529. The third-order valence-electron chi connectivity index (χ3n) is 4.40. The number of anilines is 1. The van der Waals surface area contributed by atoms with Gasteiger partial charge in [-0.05, 0) is 39.7 Å². The van der Waals surface area contributed by atoms with E-state index in [2.05, 4.69) is 5.10 Å². The molecule has 2 aromatic rings. The van der Waals surface area contributed by atoms with Gasteiger partial charge in [-0.1, -0.05) is 0 Å². The van der Waals surface area contributed by atoms with E-state index in [-0.39, 0.29) is 23.0 Å². The maximum Gasteiger partial charge on any atom is 0.255 e. The molecule has 2 aromatic heterocycles. The second kappa shape index (κ2) is 5.65.